The van der Waals surface area contributed by atoms with Crippen LogP contribution in [0.3, 0.4) is 0 Å². The van der Waals surface area contributed by atoms with Gasteiger partial charge in [0.05, 0.1) is 18.3 Å². The summed E-state index contributed by atoms with van der Waals surface area (Å²) in [7, 11) is 1.73. The molecule has 0 bridgehead atoms. The van der Waals surface area contributed by atoms with Crippen LogP contribution in [0.1, 0.15) is 19.9 Å². The smallest absolute Gasteiger partial charge is 0.177 e. The second kappa shape index (κ2) is 6.17. The third-order valence-electron chi connectivity index (χ3n) is 3.32. The maximum Gasteiger partial charge on any atom is 0.177 e. The molecular weight excluding hydrogens is 256 g/mol. The summed E-state index contributed by atoms with van der Waals surface area (Å²) in [6.07, 6.45) is 1.97. The first kappa shape index (κ1) is 14.0. The van der Waals surface area contributed by atoms with E-state index < -0.39 is 0 Å². The second-order valence-corrected chi connectivity index (χ2v) is 5.37. The quantitative estimate of drug-likeness (QED) is 0.835. The topological polar surface area (TPSA) is 29.9 Å². The van der Waals surface area contributed by atoms with E-state index in [9.17, 15) is 0 Å². The number of rotatable bonds is 5. The first-order chi connectivity index (χ1) is 9.15. The zero-order chi connectivity index (χ0) is 13.8. The van der Waals surface area contributed by atoms with E-state index in [2.05, 4.69) is 35.5 Å². The molecule has 0 aliphatic heterocycles. The van der Waals surface area contributed by atoms with Gasteiger partial charge in [0.25, 0.3) is 0 Å². The molecule has 19 heavy (non-hydrogen) atoms. The lowest BCUT2D eigenvalue weighted by Gasteiger charge is -2.24. The van der Waals surface area contributed by atoms with E-state index in [4.69, 9.17) is 17.0 Å². The highest BCUT2D eigenvalue weighted by atomic mass is 32.1. The first-order valence-electron chi connectivity index (χ1n) is 6.49. The summed E-state index contributed by atoms with van der Waals surface area (Å²) in [5, 5.41) is 0. The van der Waals surface area contributed by atoms with Crippen LogP contribution in [0.4, 0.5) is 0 Å². The Morgan fingerprint density at radius 1 is 1.26 bits per heavy atom. The Balaban J connectivity index is 2.51. The molecule has 0 fully saturated rings. The lowest BCUT2D eigenvalue weighted by Crippen LogP contribution is -2.21. The maximum atomic E-state index is 5.43. The molecule has 1 aromatic carbocycles. The number of aromatic nitrogens is 2. The average molecular weight is 276 g/mol. The molecule has 0 aliphatic rings. The van der Waals surface area contributed by atoms with E-state index in [1.165, 1.54) is 0 Å². The van der Waals surface area contributed by atoms with Crippen LogP contribution in [-0.4, -0.2) is 23.3 Å². The van der Waals surface area contributed by atoms with Crippen molar-refractivity contribution < 1.29 is 4.74 Å². The molecule has 3 nitrogen and oxygen atoms in total. The maximum absolute atomic E-state index is 5.43. The standard InChI is InChI=1S/C15H20N2OS/c1-11(2)14(10-18-3)17-13(9-16-15(17)19)12-7-5-4-6-8-12/h4-9,11,14H,10H2,1-3H3,(H,16,19). The number of ether oxygens (including phenoxy) is 1. The summed E-state index contributed by atoms with van der Waals surface area (Å²) in [5.41, 5.74) is 2.28. The van der Waals surface area contributed by atoms with Crippen molar-refractivity contribution in [2.75, 3.05) is 13.7 Å². The molecule has 1 heterocycles. The summed E-state index contributed by atoms with van der Waals surface area (Å²) in [5.74, 6) is 0.449. The predicted octanol–water partition coefficient (Wildman–Crippen LogP) is 4.06. The predicted molar refractivity (Wildman–Crippen MR) is 80.8 cm³/mol. The van der Waals surface area contributed by atoms with Gasteiger partial charge in [-0.3, -0.25) is 0 Å². The number of aromatic amines is 1. The lowest BCUT2D eigenvalue weighted by molar-refractivity contribution is 0.133. The summed E-state index contributed by atoms with van der Waals surface area (Å²) in [4.78, 5) is 3.15. The minimum absolute atomic E-state index is 0.235. The van der Waals surface area contributed by atoms with Crippen LogP contribution >= 0.6 is 12.2 Å². The molecule has 2 rings (SSSR count). The Kier molecular flexibility index (Phi) is 4.56. The molecule has 0 saturated heterocycles. The number of hydrogen-bond donors (Lipinski definition) is 1. The molecule has 1 N–H and O–H groups in total. The second-order valence-electron chi connectivity index (χ2n) is 4.98. The van der Waals surface area contributed by atoms with Crippen LogP contribution in [0.2, 0.25) is 0 Å². The van der Waals surface area contributed by atoms with Crippen molar-refractivity contribution in [1.29, 1.82) is 0 Å². The van der Waals surface area contributed by atoms with Crippen molar-refractivity contribution in [2.24, 2.45) is 5.92 Å². The van der Waals surface area contributed by atoms with Crippen molar-refractivity contribution in [2.45, 2.75) is 19.9 Å². The van der Waals surface area contributed by atoms with Crippen molar-refractivity contribution in [3.8, 4) is 11.3 Å². The third-order valence-corrected chi connectivity index (χ3v) is 3.63. The molecular formula is C15H20N2OS. The number of nitrogens with one attached hydrogen (secondary N) is 1. The van der Waals surface area contributed by atoms with Crippen LogP contribution in [0, 0.1) is 10.7 Å². The van der Waals surface area contributed by atoms with Crippen LogP contribution in [0.5, 0.6) is 0 Å². The molecule has 0 amide bonds. The fraction of sp³-hybridized carbons (Fsp3) is 0.400. The van der Waals surface area contributed by atoms with E-state index >= 15 is 0 Å². The zero-order valence-corrected chi connectivity index (χ0v) is 12.4. The molecule has 1 aromatic heterocycles. The minimum atomic E-state index is 0.235. The number of benzene rings is 1. The van der Waals surface area contributed by atoms with Gasteiger partial charge in [-0.25, -0.2) is 0 Å². The summed E-state index contributed by atoms with van der Waals surface area (Å²) in [6.45, 7) is 5.03. The SMILES string of the molecule is COCC(C(C)C)n1c(-c2ccccc2)c[nH]c1=S. The fourth-order valence-electron chi connectivity index (χ4n) is 2.28. The Morgan fingerprint density at radius 2 is 1.95 bits per heavy atom. The van der Waals surface area contributed by atoms with Gasteiger partial charge >= 0.3 is 0 Å². The number of H-pyrrole nitrogens is 1. The number of methoxy groups -OCH3 is 1. The van der Waals surface area contributed by atoms with Crippen LogP contribution in [0.25, 0.3) is 11.3 Å². The largest absolute Gasteiger partial charge is 0.383 e. The number of hydrogen-bond acceptors (Lipinski definition) is 2. The van der Waals surface area contributed by atoms with Gasteiger partial charge in [0.2, 0.25) is 0 Å². The van der Waals surface area contributed by atoms with Crippen molar-refractivity contribution in [1.82, 2.24) is 9.55 Å². The first-order valence-corrected chi connectivity index (χ1v) is 6.90. The Bertz CT molecular complexity index is 571. The van der Waals surface area contributed by atoms with Gasteiger partial charge < -0.3 is 14.3 Å². The van der Waals surface area contributed by atoms with E-state index in [1.54, 1.807) is 7.11 Å². The minimum Gasteiger partial charge on any atom is -0.383 e. The summed E-state index contributed by atoms with van der Waals surface area (Å²) >= 11 is 5.43. The van der Waals surface area contributed by atoms with Gasteiger partial charge in [0.1, 0.15) is 0 Å². The van der Waals surface area contributed by atoms with Crippen LogP contribution < -0.4 is 0 Å². The fourth-order valence-corrected chi connectivity index (χ4v) is 2.57. The van der Waals surface area contributed by atoms with Crippen molar-refractivity contribution in [3.63, 3.8) is 0 Å². The molecule has 1 atom stereocenters. The molecule has 1 unspecified atom stereocenters. The van der Waals surface area contributed by atoms with E-state index in [-0.39, 0.29) is 6.04 Å². The highest BCUT2D eigenvalue weighted by Crippen LogP contribution is 2.27. The summed E-state index contributed by atoms with van der Waals surface area (Å²) < 4.78 is 8.26. The van der Waals surface area contributed by atoms with Crippen molar-refractivity contribution >= 4 is 12.2 Å². The number of nitrogens with zero attached hydrogens (tertiary/aromatic N) is 1. The average Bonchev–Trinajstić information content (AvgIpc) is 2.78. The van der Waals surface area contributed by atoms with Crippen LogP contribution in [0.15, 0.2) is 36.5 Å². The van der Waals surface area contributed by atoms with Gasteiger partial charge in [-0.2, -0.15) is 0 Å². The highest BCUT2D eigenvalue weighted by Gasteiger charge is 2.19. The van der Waals surface area contributed by atoms with E-state index in [0.29, 0.717) is 12.5 Å². The Morgan fingerprint density at radius 3 is 2.53 bits per heavy atom. The summed E-state index contributed by atoms with van der Waals surface area (Å²) in [6, 6.07) is 10.5. The molecule has 0 saturated carbocycles. The van der Waals surface area contributed by atoms with Gasteiger partial charge in [-0.05, 0) is 23.7 Å². The monoisotopic (exact) mass is 276 g/mol. The Labute approximate surface area is 119 Å². The molecule has 0 aliphatic carbocycles. The van der Waals surface area contributed by atoms with E-state index in [1.807, 2.05) is 24.4 Å². The van der Waals surface area contributed by atoms with Gasteiger partial charge in [0.15, 0.2) is 4.77 Å². The normalized spacial score (nSPS) is 12.8. The lowest BCUT2D eigenvalue weighted by atomic mass is 10.0. The molecule has 4 heteroatoms. The molecule has 0 radical (unpaired) electrons. The molecule has 0 spiro atoms. The number of imidazole rings is 1. The van der Waals surface area contributed by atoms with Gasteiger partial charge in [-0.15, -0.1) is 0 Å². The third kappa shape index (κ3) is 2.96. The molecule has 2 aromatic rings. The van der Waals surface area contributed by atoms with Gasteiger partial charge in [-0.1, -0.05) is 44.2 Å². The van der Waals surface area contributed by atoms with Crippen molar-refractivity contribution in [3.05, 3.63) is 41.3 Å². The Hall–Kier alpha value is -1.39. The molecule has 102 valence electrons. The zero-order valence-electron chi connectivity index (χ0n) is 11.6. The van der Waals surface area contributed by atoms with Crippen LogP contribution in [-0.2, 0) is 4.74 Å². The highest BCUT2D eigenvalue weighted by molar-refractivity contribution is 7.71. The van der Waals surface area contributed by atoms with E-state index in [0.717, 1.165) is 16.0 Å². The van der Waals surface area contributed by atoms with Gasteiger partial charge in [0, 0.05) is 13.3 Å².